The first-order chi connectivity index (χ1) is 9.43. The fraction of sp³-hybridized carbons (Fsp3) is 0.429. The second-order valence-electron chi connectivity index (χ2n) is 4.75. The van der Waals surface area contributed by atoms with Crippen molar-refractivity contribution in [1.82, 2.24) is 4.90 Å². The molecule has 1 atom stereocenters. The van der Waals surface area contributed by atoms with Crippen LogP contribution in [0.3, 0.4) is 0 Å². The Balaban J connectivity index is 2.16. The zero-order chi connectivity index (χ0) is 14.8. The van der Waals surface area contributed by atoms with Gasteiger partial charge < -0.3 is 5.73 Å². The molecule has 1 heterocycles. The molecule has 0 aliphatic carbocycles. The first kappa shape index (κ1) is 15.0. The van der Waals surface area contributed by atoms with E-state index in [1.54, 1.807) is 23.1 Å². The van der Waals surface area contributed by atoms with E-state index < -0.39 is 17.8 Å². The van der Waals surface area contributed by atoms with Crippen molar-refractivity contribution in [2.24, 2.45) is 5.73 Å². The zero-order valence-corrected chi connectivity index (χ0v) is 10.8. The summed E-state index contributed by atoms with van der Waals surface area (Å²) in [6, 6.07) is 5.82. The maximum atomic E-state index is 13.8. The average molecular weight is 288 g/mol. The van der Waals surface area contributed by atoms with Crippen LogP contribution in [0.5, 0.6) is 0 Å². The Labute approximate surface area is 114 Å². The molecule has 2 nitrogen and oxygen atoms in total. The number of rotatable bonds is 3. The fourth-order valence-corrected chi connectivity index (χ4v) is 2.44. The summed E-state index contributed by atoms with van der Waals surface area (Å²) < 4.78 is 51.5. The lowest BCUT2D eigenvalue weighted by Crippen LogP contribution is -2.38. The molecule has 1 unspecified atom stereocenters. The smallest absolute Gasteiger partial charge is 0.329 e. The highest BCUT2D eigenvalue weighted by molar-refractivity contribution is 5.23. The molecule has 6 heteroatoms. The number of alkyl halides is 3. The van der Waals surface area contributed by atoms with Gasteiger partial charge in [0.25, 0.3) is 0 Å². The van der Waals surface area contributed by atoms with E-state index in [0.717, 1.165) is 6.08 Å². The lowest BCUT2D eigenvalue weighted by Gasteiger charge is -2.34. The van der Waals surface area contributed by atoms with E-state index in [-0.39, 0.29) is 31.9 Å². The predicted molar refractivity (Wildman–Crippen MR) is 68.5 cm³/mol. The Morgan fingerprint density at radius 1 is 1.25 bits per heavy atom. The van der Waals surface area contributed by atoms with Crippen LogP contribution in [0, 0.1) is 5.82 Å². The monoisotopic (exact) mass is 288 g/mol. The second-order valence-corrected chi connectivity index (χ2v) is 4.75. The van der Waals surface area contributed by atoms with Gasteiger partial charge in [0.1, 0.15) is 5.82 Å². The van der Waals surface area contributed by atoms with Gasteiger partial charge in [-0.2, -0.15) is 13.2 Å². The molecule has 1 aromatic carbocycles. The van der Waals surface area contributed by atoms with Crippen LogP contribution in [0.4, 0.5) is 17.6 Å². The Bertz CT molecular complexity index is 496. The molecule has 0 saturated carbocycles. The minimum absolute atomic E-state index is 0.0888. The molecule has 0 radical (unpaired) electrons. The molecule has 0 bridgehead atoms. The molecular weight excluding hydrogens is 272 g/mol. The maximum absolute atomic E-state index is 13.8. The van der Waals surface area contributed by atoms with E-state index in [1.807, 2.05) is 0 Å². The van der Waals surface area contributed by atoms with Gasteiger partial charge in [-0.05, 0) is 12.5 Å². The van der Waals surface area contributed by atoms with Crippen LogP contribution in [-0.2, 0) is 0 Å². The number of nitrogens with zero attached hydrogens (tertiary/aromatic N) is 1. The summed E-state index contributed by atoms with van der Waals surface area (Å²) in [6.45, 7) is 0.517. The number of hydrogen-bond acceptors (Lipinski definition) is 2. The van der Waals surface area contributed by atoms with E-state index in [4.69, 9.17) is 5.73 Å². The quantitative estimate of drug-likeness (QED) is 0.684. The number of benzene rings is 1. The van der Waals surface area contributed by atoms with Crippen LogP contribution < -0.4 is 5.73 Å². The van der Waals surface area contributed by atoms with E-state index in [9.17, 15) is 17.6 Å². The summed E-state index contributed by atoms with van der Waals surface area (Å²) in [5.74, 6) is -0.381. The predicted octanol–water partition coefficient (Wildman–Crippen LogP) is 3.02. The van der Waals surface area contributed by atoms with Crippen LogP contribution in [0.2, 0.25) is 0 Å². The van der Waals surface area contributed by atoms with Gasteiger partial charge >= 0.3 is 6.18 Å². The molecule has 2 N–H and O–H groups in total. The van der Waals surface area contributed by atoms with Crippen molar-refractivity contribution in [3.05, 3.63) is 47.3 Å². The summed E-state index contributed by atoms with van der Waals surface area (Å²) in [5, 5.41) is 0. The molecule has 1 aliphatic heterocycles. The average Bonchev–Trinajstić information content (AvgIpc) is 2.41. The minimum atomic E-state index is -4.28. The highest BCUT2D eigenvalue weighted by Crippen LogP contribution is 2.32. The summed E-state index contributed by atoms with van der Waals surface area (Å²) in [5.41, 5.74) is 5.59. The van der Waals surface area contributed by atoms with Crippen LogP contribution in [-0.4, -0.2) is 30.7 Å². The molecule has 2 rings (SSSR count). The molecule has 110 valence electrons. The Morgan fingerprint density at radius 2 is 1.95 bits per heavy atom. The van der Waals surface area contributed by atoms with Crippen molar-refractivity contribution in [3.8, 4) is 0 Å². The second kappa shape index (κ2) is 5.93. The van der Waals surface area contributed by atoms with Gasteiger partial charge in [0.2, 0.25) is 0 Å². The van der Waals surface area contributed by atoms with Gasteiger partial charge in [-0.25, -0.2) is 4.39 Å². The maximum Gasteiger partial charge on any atom is 0.412 e. The third-order valence-corrected chi connectivity index (χ3v) is 3.53. The fourth-order valence-electron chi connectivity index (χ4n) is 2.44. The molecule has 20 heavy (non-hydrogen) atoms. The van der Waals surface area contributed by atoms with Gasteiger partial charge in [-0.15, -0.1) is 0 Å². The number of halogens is 4. The standard InChI is InChI=1S/C14H16F4N2/c15-12-4-2-1-3-11(12)13(9-19)20-7-5-10(6-8-20)14(16,17)18/h1-5,13H,6-9,19H2. The van der Waals surface area contributed by atoms with Crippen LogP contribution in [0.1, 0.15) is 18.0 Å². The van der Waals surface area contributed by atoms with Gasteiger partial charge in [0.15, 0.2) is 0 Å². The Morgan fingerprint density at radius 3 is 2.45 bits per heavy atom. The van der Waals surface area contributed by atoms with Crippen molar-refractivity contribution in [2.75, 3.05) is 19.6 Å². The molecule has 0 spiro atoms. The lowest BCUT2D eigenvalue weighted by atomic mass is 10.0. The van der Waals surface area contributed by atoms with E-state index in [1.165, 1.54) is 6.07 Å². The summed E-state index contributed by atoms with van der Waals surface area (Å²) >= 11 is 0. The molecule has 0 amide bonds. The topological polar surface area (TPSA) is 29.3 Å². The molecule has 1 aromatic rings. The summed E-state index contributed by atoms with van der Waals surface area (Å²) in [6.07, 6.45) is -3.20. The van der Waals surface area contributed by atoms with Crippen LogP contribution in [0.15, 0.2) is 35.9 Å². The van der Waals surface area contributed by atoms with Gasteiger partial charge in [-0.3, -0.25) is 4.90 Å². The zero-order valence-electron chi connectivity index (χ0n) is 10.8. The molecular formula is C14H16F4N2. The van der Waals surface area contributed by atoms with Crippen LogP contribution in [0.25, 0.3) is 0 Å². The van der Waals surface area contributed by atoms with E-state index >= 15 is 0 Å². The van der Waals surface area contributed by atoms with Crippen molar-refractivity contribution >= 4 is 0 Å². The Hall–Kier alpha value is -1.40. The SMILES string of the molecule is NCC(c1ccccc1F)N1CC=C(C(F)(F)F)CC1. The van der Waals surface area contributed by atoms with Gasteiger partial charge in [-0.1, -0.05) is 24.3 Å². The van der Waals surface area contributed by atoms with Gasteiger partial charge in [0.05, 0.1) is 6.04 Å². The van der Waals surface area contributed by atoms with Crippen molar-refractivity contribution in [1.29, 1.82) is 0 Å². The lowest BCUT2D eigenvalue weighted by molar-refractivity contribution is -0.0964. The first-order valence-corrected chi connectivity index (χ1v) is 6.38. The summed E-state index contributed by atoms with van der Waals surface area (Å²) in [7, 11) is 0. The van der Waals surface area contributed by atoms with E-state index in [0.29, 0.717) is 5.56 Å². The first-order valence-electron chi connectivity index (χ1n) is 6.38. The molecule has 1 aliphatic rings. The van der Waals surface area contributed by atoms with E-state index in [2.05, 4.69) is 0 Å². The highest BCUT2D eigenvalue weighted by atomic mass is 19.4. The number of nitrogens with two attached hydrogens (primary N) is 1. The minimum Gasteiger partial charge on any atom is -0.329 e. The molecule has 0 saturated heterocycles. The largest absolute Gasteiger partial charge is 0.412 e. The normalized spacial score (nSPS) is 18.8. The van der Waals surface area contributed by atoms with Crippen molar-refractivity contribution in [3.63, 3.8) is 0 Å². The Kier molecular flexibility index (Phi) is 4.45. The third kappa shape index (κ3) is 3.19. The molecule has 0 aromatic heterocycles. The van der Waals surface area contributed by atoms with Crippen molar-refractivity contribution < 1.29 is 17.6 Å². The molecule has 0 fully saturated rings. The number of hydrogen-bond donors (Lipinski definition) is 1. The third-order valence-electron chi connectivity index (χ3n) is 3.53. The van der Waals surface area contributed by atoms with Gasteiger partial charge in [0, 0.05) is 30.8 Å². The highest BCUT2D eigenvalue weighted by Gasteiger charge is 2.36. The van der Waals surface area contributed by atoms with Crippen molar-refractivity contribution in [2.45, 2.75) is 18.6 Å². The van der Waals surface area contributed by atoms with Crippen LogP contribution >= 0.6 is 0 Å². The summed E-state index contributed by atoms with van der Waals surface area (Å²) in [4.78, 5) is 1.77.